The van der Waals surface area contributed by atoms with Crippen molar-refractivity contribution in [2.45, 2.75) is 19.4 Å². The van der Waals surface area contributed by atoms with Crippen molar-refractivity contribution >= 4 is 34.7 Å². The highest BCUT2D eigenvalue weighted by atomic mass is 35.5. The van der Waals surface area contributed by atoms with Gasteiger partial charge in [0, 0.05) is 42.5 Å². The molecular formula is C41H31ClN10O3. The number of aromatic amines is 1. The number of aromatic hydroxyl groups is 1. The van der Waals surface area contributed by atoms with Gasteiger partial charge >= 0.3 is 0 Å². The van der Waals surface area contributed by atoms with Crippen molar-refractivity contribution < 1.29 is 14.6 Å². The van der Waals surface area contributed by atoms with E-state index in [4.69, 9.17) is 42.4 Å². The fraction of sp³-hybridized carbons (Fsp3) is 0.0732. The minimum absolute atomic E-state index is 0.287. The molecule has 270 valence electrons. The second-order valence-electron chi connectivity index (χ2n) is 11.6. The van der Waals surface area contributed by atoms with Gasteiger partial charge < -0.3 is 25.3 Å². The predicted octanol–water partition coefficient (Wildman–Crippen LogP) is 7.88. The third-order valence-corrected chi connectivity index (χ3v) is 8.10. The Labute approximate surface area is 320 Å². The van der Waals surface area contributed by atoms with Crippen LogP contribution in [0.2, 0.25) is 5.15 Å². The summed E-state index contributed by atoms with van der Waals surface area (Å²) in [7, 11) is 0. The Morgan fingerprint density at radius 3 is 1.89 bits per heavy atom. The zero-order chi connectivity index (χ0) is 38.4. The van der Waals surface area contributed by atoms with Gasteiger partial charge in [-0.25, -0.2) is 29.9 Å². The number of halogens is 1. The molecule has 4 aromatic heterocycles. The Bertz CT molecular complexity index is 2580. The van der Waals surface area contributed by atoms with Crippen molar-refractivity contribution in [2.24, 2.45) is 5.73 Å². The molecule has 9 rings (SSSR count). The van der Waals surface area contributed by atoms with Crippen LogP contribution in [0.3, 0.4) is 0 Å². The molecule has 2 aliphatic rings. The molecule has 0 fully saturated rings. The van der Waals surface area contributed by atoms with Crippen LogP contribution in [0.4, 0.5) is 0 Å². The monoisotopic (exact) mass is 746 g/mol. The molecule has 13 nitrogen and oxygen atoms in total. The zero-order valence-corrected chi connectivity index (χ0v) is 29.8. The van der Waals surface area contributed by atoms with Crippen molar-refractivity contribution in [3.63, 3.8) is 0 Å². The molecule has 0 atom stereocenters. The van der Waals surface area contributed by atoms with Gasteiger partial charge in [-0.15, -0.1) is 0 Å². The minimum Gasteiger partial charge on any atom is -0.508 e. The molecule has 0 amide bonds. The second kappa shape index (κ2) is 18.3. The summed E-state index contributed by atoms with van der Waals surface area (Å²) in [5.74, 6) is 2.72. The van der Waals surface area contributed by atoms with Crippen LogP contribution in [-0.2, 0) is 19.4 Å². The van der Waals surface area contributed by atoms with Gasteiger partial charge in [-0.1, -0.05) is 48.0 Å². The summed E-state index contributed by atoms with van der Waals surface area (Å²) in [5, 5.41) is 27.5. The van der Waals surface area contributed by atoms with Crippen LogP contribution in [0.25, 0.3) is 23.1 Å². The number of hydrogen-bond acceptors (Lipinski definition) is 12. The first kappa shape index (κ1) is 37.3. The van der Waals surface area contributed by atoms with Gasteiger partial charge in [0.2, 0.25) is 11.8 Å². The Balaban J connectivity index is 0.000000130. The lowest BCUT2D eigenvalue weighted by Crippen LogP contribution is -2.00. The van der Waals surface area contributed by atoms with E-state index in [-0.39, 0.29) is 5.69 Å². The van der Waals surface area contributed by atoms with Crippen LogP contribution in [0.15, 0.2) is 116 Å². The van der Waals surface area contributed by atoms with Crippen LogP contribution in [0, 0.1) is 22.7 Å². The van der Waals surface area contributed by atoms with Gasteiger partial charge in [0.25, 0.3) is 0 Å². The summed E-state index contributed by atoms with van der Waals surface area (Å²) >= 11 is 5.42. The number of phenols is 1. The van der Waals surface area contributed by atoms with Crippen LogP contribution in [-0.4, -0.2) is 40.0 Å². The molecule has 0 aliphatic heterocycles. The van der Waals surface area contributed by atoms with Crippen molar-refractivity contribution in [3.8, 4) is 41.1 Å². The van der Waals surface area contributed by atoms with Gasteiger partial charge in [-0.3, -0.25) is 0 Å². The first-order valence-corrected chi connectivity index (χ1v) is 17.1. The van der Waals surface area contributed by atoms with Gasteiger partial charge in [0.1, 0.15) is 64.9 Å². The molecule has 0 radical (unpaired) electrons. The van der Waals surface area contributed by atoms with E-state index in [0.29, 0.717) is 34.9 Å². The number of benzene rings is 3. The largest absolute Gasteiger partial charge is 0.508 e. The van der Waals surface area contributed by atoms with E-state index >= 15 is 0 Å². The average molecular weight is 747 g/mol. The average Bonchev–Trinajstić information content (AvgIpc) is 4.00. The first-order chi connectivity index (χ1) is 26.9. The number of rotatable bonds is 5. The van der Waals surface area contributed by atoms with E-state index in [1.807, 2.05) is 60.8 Å². The Morgan fingerprint density at radius 2 is 1.29 bits per heavy atom. The molecule has 3 aromatic carbocycles. The normalized spacial score (nSPS) is 11.3. The fourth-order valence-electron chi connectivity index (χ4n) is 5.27. The summed E-state index contributed by atoms with van der Waals surface area (Å²) in [6.07, 6.45) is 16.3. The number of ether oxygens (including phenoxy) is 2. The molecule has 14 heteroatoms. The minimum atomic E-state index is 0.287. The molecule has 0 saturated heterocycles. The number of phenolic OH excluding ortho intramolecular Hbond substituents is 1. The maximum atomic E-state index is 9.03. The Kier molecular flexibility index (Phi) is 12.4. The number of aromatic nitrogens is 7. The summed E-state index contributed by atoms with van der Waals surface area (Å²) in [6.45, 7) is 0.382. The van der Waals surface area contributed by atoms with E-state index in [1.54, 1.807) is 18.2 Å². The summed E-state index contributed by atoms with van der Waals surface area (Å²) < 4.78 is 11.3. The highest BCUT2D eigenvalue weighted by Crippen LogP contribution is 2.28. The predicted molar refractivity (Wildman–Crippen MR) is 207 cm³/mol. The van der Waals surface area contributed by atoms with E-state index in [2.05, 4.69) is 65.3 Å². The van der Waals surface area contributed by atoms with Gasteiger partial charge in [-0.05, 0) is 82.9 Å². The third kappa shape index (κ3) is 10.6. The lowest BCUT2D eigenvalue weighted by molar-refractivity contribution is 0.459. The summed E-state index contributed by atoms with van der Waals surface area (Å²) in [4.78, 5) is 26.1. The molecule has 55 heavy (non-hydrogen) atoms. The number of allylic oxidation sites excluding steroid dienone is 2. The quantitative estimate of drug-likeness (QED) is 0.144. The molecule has 0 unspecified atom stereocenters. The molecule has 7 aromatic rings. The van der Waals surface area contributed by atoms with Gasteiger partial charge in [-0.2, -0.15) is 10.5 Å². The molecule has 4 heterocycles. The lowest BCUT2D eigenvalue weighted by Gasteiger charge is -2.07. The van der Waals surface area contributed by atoms with Crippen LogP contribution in [0.1, 0.15) is 39.3 Å². The lowest BCUT2D eigenvalue weighted by atomic mass is 10.1. The molecule has 0 saturated carbocycles. The first-order valence-electron chi connectivity index (χ1n) is 16.7. The van der Waals surface area contributed by atoms with E-state index < -0.39 is 0 Å². The van der Waals surface area contributed by atoms with Crippen LogP contribution < -0.4 is 15.2 Å². The highest BCUT2D eigenvalue weighted by molar-refractivity contribution is 6.29. The smallest absolute Gasteiger partial charge is 0.223 e. The van der Waals surface area contributed by atoms with Crippen molar-refractivity contribution in [1.82, 2.24) is 34.9 Å². The number of fused-ring (bicyclic) bond motifs is 3. The molecule has 0 bridgehead atoms. The van der Waals surface area contributed by atoms with E-state index in [0.717, 1.165) is 40.9 Å². The Morgan fingerprint density at radius 1 is 0.691 bits per heavy atom. The maximum Gasteiger partial charge on any atom is 0.223 e. The number of nitrogens with two attached hydrogens (primary N) is 1. The summed E-state index contributed by atoms with van der Waals surface area (Å²) in [6, 6.07) is 27.6. The van der Waals surface area contributed by atoms with Crippen molar-refractivity contribution in [1.29, 1.82) is 10.5 Å². The Hall–Kier alpha value is -7.45. The van der Waals surface area contributed by atoms with Gasteiger partial charge in [0.15, 0.2) is 0 Å². The number of nitriles is 2. The zero-order valence-electron chi connectivity index (χ0n) is 29.0. The third-order valence-electron chi connectivity index (χ3n) is 7.90. The van der Waals surface area contributed by atoms with Crippen LogP contribution >= 0.6 is 11.6 Å². The van der Waals surface area contributed by atoms with Crippen LogP contribution in [0.5, 0.6) is 29.0 Å². The summed E-state index contributed by atoms with van der Waals surface area (Å²) in [5.41, 5.74) is 12.9. The van der Waals surface area contributed by atoms with Crippen molar-refractivity contribution in [2.75, 3.05) is 0 Å². The van der Waals surface area contributed by atoms with E-state index in [9.17, 15) is 0 Å². The number of nitrogens with one attached hydrogen (secondary N) is 1. The van der Waals surface area contributed by atoms with Gasteiger partial charge in [0.05, 0.1) is 5.69 Å². The van der Waals surface area contributed by atoms with E-state index in [1.165, 1.54) is 53.4 Å². The number of H-pyrrole nitrogens is 1. The highest BCUT2D eigenvalue weighted by Gasteiger charge is 2.09. The molecule has 0 spiro atoms. The molecular weight excluding hydrogens is 716 g/mol. The topological polar surface area (TPSA) is 205 Å². The second-order valence-corrected chi connectivity index (χ2v) is 12.0. The number of hydrogen-bond donors (Lipinski definition) is 3. The molecule has 2 aliphatic carbocycles. The maximum absolute atomic E-state index is 9.03. The SMILES string of the molecule is N#Cc1cc(Cl)ncn1.N#Cc1cc(Oc2ccc3c(c2)CC=C3)ncn1.NCc1cc(Oc2ccc3c(c2)CC=C3)ncn1.Oc1ccc2cc[nH]c2c1. The molecule has 4 N–H and O–H groups in total. The standard InChI is InChI=1S/C14H13N3O.C14H9N3O.C8H7NO.C5H2ClN3/c2*15-8-12-7-14(17-9-16-12)18-13-5-4-10-2-1-3-11(10)6-13;10-7-2-1-6-3-4-9-8(6)5-7;6-5-1-4(2-7)8-3-9-5/h1-2,4-7,9H,3,8,15H2;1-2,4-7,9H,3H2;1-5,9-10H;1,3H. The fourth-order valence-corrected chi connectivity index (χ4v) is 5.42. The number of nitrogens with zero attached hydrogens (tertiary/aromatic N) is 8. The van der Waals surface area contributed by atoms with Crippen molar-refractivity contribution in [3.05, 3.63) is 161 Å².